The zero-order valence-corrected chi connectivity index (χ0v) is 16.9. The zero-order chi connectivity index (χ0) is 15.5. The van der Waals surface area contributed by atoms with Gasteiger partial charge in [0.1, 0.15) is 0 Å². The minimum atomic E-state index is 0. The molecule has 130 valence electrons. The Labute approximate surface area is 152 Å². The van der Waals surface area contributed by atoms with Gasteiger partial charge in [0.2, 0.25) is 0 Å². The highest BCUT2D eigenvalue weighted by Crippen LogP contribution is 2.24. The number of rotatable bonds is 3. The van der Waals surface area contributed by atoms with Gasteiger partial charge in [-0.15, -0.1) is 24.0 Å². The van der Waals surface area contributed by atoms with E-state index in [4.69, 9.17) is 10.5 Å². The lowest BCUT2D eigenvalue weighted by Crippen LogP contribution is -2.52. The first-order valence-electron chi connectivity index (χ1n) is 8.30. The number of halogens is 1. The van der Waals surface area contributed by atoms with Crippen LogP contribution in [0.5, 0.6) is 0 Å². The smallest absolute Gasteiger partial charge is 0.191 e. The van der Waals surface area contributed by atoms with Crippen LogP contribution in [0.15, 0.2) is 4.99 Å². The number of guanidine groups is 1. The average Bonchev–Trinajstić information content (AvgIpc) is 2.45. The molecule has 0 spiro atoms. The molecule has 0 amide bonds. The zero-order valence-electron chi connectivity index (χ0n) is 14.5. The van der Waals surface area contributed by atoms with E-state index >= 15 is 0 Å². The normalized spacial score (nSPS) is 28.4. The summed E-state index contributed by atoms with van der Waals surface area (Å²) in [4.78, 5) is 9.39. The van der Waals surface area contributed by atoms with E-state index in [-0.39, 0.29) is 35.6 Å². The molecule has 0 aromatic rings. The second-order valence-electron chi connectivity index (χ2n) is 7.31. The van der Waals surface area contributed by atoms with Gasteiger partial charge in [-0.3, -0.25) is 9.89 Å². The van der Waals surface area contributed by atoms with Crippen molar-refractivity contribution in [3.05, 3.63) is 0 Å². The van der Waals surface area contributed by atoms with Gasteiger partial charge in [0.25, 0.3) is 0 Å². The maximum Gasteiger partial charge on any atom is 0.191 e. The molecule has 0 aromatic heterocycles. The minimum Gasteiger partial charge on any atom is -0.375 e. The fourth-order valence-corrected chi connectivity index (χ4v) is 3.24. The predicted octanol–water partition coefficient (Wildman–Crippen LogP) is 2.15. The molecule has 2 heterocycles. The van der Waals surface area contributed by atoms with Crippen molar-refractivity contribution in [3.63, 3.8) is 0 Å². The number of piperidine rings is 1. The fraction of sp³-hybridized carbons (Fsp3) is 0.938. The second kappa shape index (κ2) is 8.68. The van der Waals surface area contributed by atoms with Crippen molar-refractivity contribution in [1.29, 1.82) is 0 Å². The van der Waals surface area contributed by atoms with Crippen molar-refractivity contribution in [3.8, 4) is 0 Å². The third kappa shape index (κ3) is 5.53. The SMILES string of the molecule is CC1CCCN(C(C)(C)CN=C(N)N2CCOC(C)C2)C1.I. The van der Waals surface area contributed by atoms with Crippen molar-refractivity contribution in [1.82, 2.24) is 9.80 Å². The lowest BCUT2D eigenvalue weighted by Gasteiger charge is -2.42. The molecule has 0 saturated carbocycles. The molecule has 0 aliphatic carbocycles. The van der Waals surface area contributed by atoms with Crippen LogP contribution in [-0.2, 0) is 4.74 Å². The molecule has 2 fully saturated rings. The molecular weight excluding hydrogens is 391 g/mol. The van der Waals surface area contributed by atoms with Crippen molar-refractivity contribution in [2.24, 2.45) is 16.6 Å². The molecule has 2 aliphatic rings. The van der Waals surface area contributed by atoms with Gasteiger partial charge >= 0.3 is 0 Å². The van der Waals surface area contributed by atoms with Crippen molar-refractivity contribution < 1.29 is 4.74 Å². The van der Waals surface area contributed by atoms with E-state index in [9.17, 15) is 0 Å². The van der Waals surface area contributed by atoms with Gasteiger partial charge in [0, 0.05) is 25.2 Å². The van der Waals surface area contributed by atoms with E-state index < -0.39 is 0 Å². The molecule has 0 radical (unpaired) electrons. The summed E-state index contributed by atoms with van der Waals surface area (Å²) in [5.74, 6) is 1.46. The number of nitrogens with zero attached hydrogens (tertiary/aromatic N) is 3. The monoisotopic (exact) mass is 424 g/mol. The van der Waals surface area contributed by atoms with Gasteiger partial charge in [-0.05, 0) is 46.1 Å². The van der Waals surface area contributed by atoms with E-state index in [2.05, 4.69) is 42.5 Å². The van der Waals surface area contributed by atoms with Crippen LogP contribution >= 0.6 is 24.0 Å². The molecule has 2 atom stereocenters. The Kier molecular flexibility index (Phi) is 7.88. The first-order valence-corrected chi connectivity index (χ1v) is 8.30. The minimum absolute atomic E-state index is 0. The Hall–Kier alpha value is -0.0800. The summed E-state index contributed by atoms with van der Waals surface area (Å²) in [6.45, 7) is 14.5. The van der Waals surface area contributed by atoms with Gasteiger partial charge in [-0.2, -0.15) is 0 Å². The molecule has 2 saturated heterocycles. The number of morpholine rings is 1. The molecule has 2 N–H and O–H groups in total. The quantitative estimate of drug-likeness (QED) is 0.429. The van der Waals surface area contributed by atoms with Gasteiger partial charge < -0.3 is 15.4 Å². The second-order valence-corrected chi connectivity index (χ2v) is 7.31. The molecule has 2 unspecified atom stereocenters. The summed E-state index contributed by atoms with van der Waals surface area (Å²) in [6.07, 6.45) is 2.89. The summed E-state index contributed by atoms with van der Waals surface area (Å²) in [5, 5.41) is 0. The number of nitrogens with two attached hydrogens (primary N) is 1. The van der Waals surface area contributed by atoms with E-state index in [1.54, 1.807) is 0 Å². The Morgan fingerprint density at radius 3 is 2.64 bits per heavy atom. The van der Waals surface area contributed by atoms with E-state index in [1.807, 2.05) is 0 Å². The summed E-state index contributed by atoms with van der Waals surface area (Å²) >= 11 is 0. The van der Waals surface area contributed by atoms with E-state index in [1.165, 1.54) is 25.9 Å². The molecule has 0 bridgehead atoms. The summed E-state index contributed by atoms with van der Waals surface area (Å²) < 4.78 is 5.55. The van der Waals surface area contributed by atoms with Crippen LogP contribution in [0, 0.1) is 5.92 Å². The van der Waals surface area contributed by atoms with E-state index in [0.29, 0.717) is 5.96 Å². The number of aliphatic imine (C=N–C) groups is 1. The summed E-state index contributed by atoms with van der Waals surface area (Å²) in [7, 11) is 0. The highest BCUT2D eigenvalue weighted by atomic mass is 127. The number of likely N-dealkylation sites (tertiary alicyclic amines) is 1. The van der Waals surface area contributed by atoms with Crippen LogP contribution in [0.2, 0.25) is 0 Å². The Morgan fingerprint density at radius 1 is 1.27 bits per heavy atom. The Balaban J connectivity index is 0.00000242. The molecule has 22 heavy (non-hydrogen) atoms. The molecule has 2 aliphatic heterocycles. The van der Waals surface area contributed by atoms with Crippen molar-refractivity contribution >= 4 is 29.9 Å². The maximum atomic E-state index is 6.18. The topological polar surface area (TPSA) is 54.1 Å². The standard InChI is InChI=1S/C16H32N4O.HI/c1-13-6-5-7-20(10-13)16(3,4)12-18-15(17)19-8-9-21-14(2)11-19;/h13-14H,5-12H2,1-4H3,(H2,17,18);1H. The number of ether oxygens (including phenoxy) is 1. The first-order chi connectivity index (χ1) is 9.88. The molecule has 0 aromatic carbocycles. The van der Waals surface area contributed by atoms with Crippen LogP contribution in [0.1, 0.15) is 40.5 Å². The predicted molar refractivity (Wildman–Crippen MR) is 103 cm³/mol. The number of hydrogen-bond acceptors (Lipinski definition) is 3. The lowest BCUT2D eigenvalue weighted by atomic mass is 9.94. The van der Waals surface area contributed by atoms with E-state index in [0.717, 1.165) is 32.2 Å². The highest BCUT2D eigenvalue weighted by molar-refractivity contribution is 14.0. The van der Waals surface area contributed by atoms with Crippen LogP contribution in [0.4, 0.5) is 0 Å². The van der Waals surface area contributed by atoms with Crippen molar-refractivity contribution in [2.75, 3.05) is 39.3 Å². The van der Waals surface area contributed by atoms with Crippen LogP contribution in [-0.4, -0.2) is 66.7 Å². The Bertz CT molecular complexity index is 375. The summed E-state index contributed by atoms with van der Waals surface area (Å²) in [6, 6.07) is 0. The van der Waals surface area contributed by atoms with Crippen LogP contribution in [0.25, 0.3) is 0 Å². The first kappa shape index (κ1) is 20.0. The maximum absolute atomic E-state index is 6.18. The fourth-order valence-electron chi connectivity index (χ4n) is 3.24. The molecule has 6 heteroatoms. The third-order valence-corrected chi connectivity index (χ3v) is 4.71. The van der Waals surface area contributed by atoms with Crippen molar-refractivity contribution in [2.45, 2.75) is 52.2 Å². The van der Waals surface area contributed by atoms with Gasteiger partial charge in [-0.1, -0.05) is 6.92 Å². The van der Waals surface area contributed by atoms with Gasteiger partial charge in [0.05, 0.1) is 19.3 Å². The van der Waals surface area contributed by atoms with Crippen LogP contribution in [0.3, 0.4) is 0 Å². The average molecular weight is 424 g/mol. The Morgan fingerprint density at radius 2 is 2.00 bits per heavy atom. The van der Waals surface area contributed by atoms with Gasteiger partial charge in [-0.25, -0.2) is 0 Å². The highest BCUT2D eigenvalue weighted by Gasteiger charge is 2.30. The van der Waals surface area contributed by atoms with Gasteiger partial charge in [0.15, 0.2) is 5.96 Å². The number of hydrogen-bond donors (Lipinski definition) is 1. The lowest BCUT2D eigenvalue weighted by molar-refractivity contribution is 0.00512. The van der Waals surface area contributed by atoms with Crippen LogP contribution < -0.4 is 5.73 Å². The summed E-state index contributed by atoms with van der Waals surface area (Å²) in [5.41, 5.74) is 6.26. The molecule has 5 nitrogen and oxygen atoms in total. The molecular formula is C16H33IN4O. The third-order valence-electron chi connectivity index (χ3n) is 4.71. The largest absolute Gasteiger partial charge is 0.375 e. The molecule has 2 rings (SSSR count).